The van der Waals surface area contributed by atoms with Crippen LogP contribution in [0.1, 0.15) is 41.6 Å². The Morgan fingerprint density at radius 3 is 2.46 bits per heavy atom. The third-order valence-electron chi connectivity index (χ3n) is 6.65. The van der Waals surface area contributed by atoms with E-state index in [1.54, 1.807) is 41.2 Å². The van der Waals surface area contributed by atoms with Crippen LogP contribution in [-0.4, -0.2) is 47.0 Å². The van der Waals surface area contributed by atoms with E-state index in [0.717, 1.165) is 24.7 Å². The van der Waals surface area contributed by atoms with Crippen molar-refractivity contribution in [1.82, 2.24) is 14.5 Å². The minimum absolute atomic E-state index is 0.230. The highest BCUT2D eigenvalue weighted by Gasteiger charge is 2.28. The van der Waals surface area contributed by atoms with Gasteiger partial charge in [0.05, 0.1) is 16.9 Å². The highest BCUT2D eigenvalue weighted by molar-refractivity contribution is 6.33. The summed E-state index contributed by atoms with van der Waals surface area (Å²) in [5.41, 5.74) is 1.94. The molecule has 9 nitrogen and oxygen atoms in total. The highest BCUT2D eigenvalue weighted by Crippen LogP contribution is 2.35. The number of hydrogen-bond donors (Lipinski definition) is 2. The van der Waals surface area contributed by atoms with Crippen LogP contribution in [0, 0.1) is 6.92 Å². The average Bonchev–Trinajstić information content (AvgIpc) is 3.49. The van der Waals surface area contributed by atoms with Crippen LogP contribution in [0.4, 0.5) is 17.1 Å². The zero-order valence-electron chi connectivity index (χ0n) is 20.7. The Labute approximate surface area is 218 Å². The quantitative estimate of drug-likeness (QED) is 0.270. The molecule has 192 valence electrons. The molecule has 2 fully saturated rings. The molecule has 2 N–H and O–H groups in total. The second-order valence-electron chi connectivity index (χ2n) is 9.52. The number of halogens is 1. The first-order valence-corrected chi connectivity index (χ1v) is 12.7. The van der Waals surface area contributed by atoms with E-state index in [1.807, 2.05) is 6.92 Å². The topological polar surface area (TPSA) is 105 Å². The van der Waals surface area contributed by atoms with E-state index in [1.165, 1.54) is 25.9 Å². The summed E-state index contributed by atoms with van der Waals surface area (Å²) in [4.78, 5) is 37.4. The van der Waals surface area contributed by atoms with Gasteiger partial charge in [0.15, 0.2) is 12.0 Å². The van der Waals surface area contributed by atoms with Crippen molar-refractivity contribution in [2.24, 2.45) is 0 Å². The minimum Gasteiger partial charge on any atom is -0.455 e. The molecular formula is C27H28ClN5O4. The number of carbonyl (C=O) groups is 1. The van der Waals surface area contributed by atoms with Gasteiger partial charge in [-0.25, -0.2) is 4.52 Å². The molecule has 1 saturated heterocycles. The summed E-state index contributed by atoms with van der Waals surface area (Å²) >= 11 is 6.40. The Bertz CT molecular complexity index is 1530. The lowest BCUT2D eigenvalue weighted by Gasteiger charge is -2.16. The monoisotopic (exact) mass is 521 g/mol. The van der Waals surface area contributed by atoms with Crippen LogP contribution in [0.5, 0.6) is 11.5 Å². The van der Waals surface area contributed by atoms with E-state index in [2.05, 4.69) is 27.7 Å². The third kappa shape index (κ3) is 5.23. The lowest BCUT2D eigenvalue weighted by molar-refractivity contribution is 0.112. The summed E-state index contributed by atoms with van der Waals surface area (Å²) in [6, 6.07) is 6.94. The van der Waals surface area contributed by atoms with Crippen LogP contribution in [0.25, 0.3) is 5.52 Å². The van der Waals surface area contributed by atoms with E-state index >= 15 is 0 Å². The second-order valence-corrected chi connectivity index (χ2v) is 9.93. The maximum Gasteiger partial charge on any atom is 0.253 e. The van der Waals surface area contributed by atoms with Gasteiger partial charge in [-0.3, -0.25) is 14.4 Å². The molecule has 0 bridgehead atoms. The molecule has 1 aliphatic heterocycles. The number of fused-ring (bicyclic) bond motifs is 1. The number of benzene rings is 1. The van der Waals surface area contributed by atoms with Gasteiger partial charge < -0.3 is 20.3 Å². The molecule has 0 spiro atoms. The van der Waals surface area contributed by atoms with Gasteiger partial charge >= 0.3 is 0 Å². The molecule has 10 heteroatoms. The first-order chi connectivity index (χ1) is 17.9. The second kappa shape index (κ2) is 10.4. The van der Waals surface area contributed by atoms with Crippen LogP contribution >= 0.6 is 11.6 Å². The van der Waals surface area contributed by atoms with Crippen LogP contribution in [0.2, 0.25) is 5.02 Å². The molecule has 4 aromatic rings. The fourth-order valence-electron chi connectivity index (χ4n) is 4.32. The first kappa shape index (κ1) is 25.0. The van der Waals surface area contributed by atoms with Crippen molar-refractivity contribution in [3.05, 3.63) is 73.3 Å². The number of rotatable bonds is 7. The molecule has 2 aromatic carbocycles. The van der Waals surface area contributed by atoms with Gasteiger partial charge in [0.25, 0.3) is 10.9 Å². The van der Waals surface area contributed by atoms with Gasteiger partial charge in [-0.05, 0) is 70.4 Å². The van der Waals surface area contributed by atoms with Gasteiger partial charge in [0.2, 0.25) is 0 Å². The van der Waals surface area contributed by atoms with Crippen molar-refractivity contribution in [2.75, 3.05) is 30.8 Å². The molecule has 2 aliphatic rings. The summed E-state index contributed by atoms with van der Waals surface area (Å²) in [6.07, 6.45) is 8.80. The minimum atomic E-state index is -0.562. The lowest BCUT2D eigenvalue weighted by Crippen LogP contribution is -2.37. The van der Waals surface area contributed by atoms with Gasteiger partial charge in [-0.2, -0.15) is 5.10 Å². The molecule has 1 saturated carbocycles. The first-order valence-electron chi connectivity index (χ1n) is 12.3. The average molecular weight is 522 g/mol. The van der Waals surface area contributed by atoms with E-state index < -0.39 is 10.9 Å². The summed E-state index contributed by atoms with van der Waals surface area (Å²) < 4.78 is 7.59. The van der Waals surface area contributed by atoms with Crippen LogP contribution in [0.3, 0.4) is 0 Å². The van der Waals surface area contributed by atoms with Crippen molar-refractivity contribution >= 4 is 40.5 Å². The number of carbonyl (C=O) groups excluding carboxylic acids is 1. The Morgan fingerprint density at radius 1 is 1.11 bits per heavy atom. The van der Waals surface area contributed by atoms with Crippen molar-refractivity contribution in [2.45, 2.75) is 38.6 Å². The van der Waals surface area contributed by atoms with E-state index in [9.17, 15) is 14.4 Å². The molecule has 0 amide bonds. The zero-order valence-corrected chi connectivity index (χ0v) is 21.5. The van der Waals surface area contributed by atoms with Crippen molar-refractivity contribution < 1.29 is 9.53 Å². The van der Waals surface area contributed by atoms with Gasteiger partial charge in [0, 0.05) is 29.9 Å². The lowest BCUT2D eigenvalue weighted by atomic mass is 10.1. The molecule has 0 radical (unpaired) electrons. The SMILES string of the molecule is CN1CCCC1.Cc1c(C=O)cn2nccc(Oc3ccc(Nc4c(NC5CC5)c(=O)c4=O)c(Cl)c3)c12. The van der Waals surface area contributed by atoms with E-state index in [4.69, 9.17) is 16.3 Å². The number of ether oxygens (including phenoxy) is 1. The zero-order chi connectivity index (χ0) is 26.1. The number of hydrogen-bond acceptors (Lipinski definition) is 8. The predicted octanol–water partition coefficient (Wildman–Crippen LogP) is 4.53. The molecule has 2 aromatic heterocycles. The van der Waals surface area contributed by atoms with Crippen molar-refractivity contribution in [1.29, 1.82) is 0 Å². The van der Waals surface area contributed by atoms with Gasteiger partial charge in [-0.1, -0.05) is 11.6 Å². The Kier molecular flexibility index (Phi) is 6.99. The normalized spacial score (nSPS) is 15.4. The number of aryl methyl sites for hydroxylation is 1. The largest absolute Gasteiger partial charge is 0.455 e. The maximum atomic E-state index is 12.0. The maximum absolute atomic E-state index is 12.0. The predicted molar refractivity (Wildman–Crippen MR) is 145 cm³/mol. The fraction of sp³-hybridized carbons (Fsp3) is 0.333. The van der Waals surface area contributed by atoms with Crippen molar-refractivity contribution in [3.63, 3.8) is 0 Å². The Hall–Kier alpha value is -3.69. The Morgan fingerprint density at radius 2 is 1.84 bits per heavy atom. The summed E-state index contributed by atoms with van der Waals surface area (Å²) in [7, 11) is 2.17. The van der Waals surface area contributed by atoms with Crippen molar-refractivity contribution in [3.8, 4) is 11.5 Å². The number of anilines is 3. The molecule has 1 aliphatic carbocycles. The highest BCUT2D eigenvalue weighted by atomic mass is 35.5. The molecule has 37 heavy (non-hydrogen) atoms. The number of nitrogens with one attached hydrogen (secondary N) is 2. The molecular weight excluding hydrogens is 494 g/mol. The summed E-state index contributed by atoms with van der Waals surface area (Å²) in [6.45, 7) is 4.46. The molecule has 0 unspecified atom stereocenters. The Balaban J connectivity index is 0.000000412. The molecule has 0 atom stereocenters. The number of nitrogens with zero attached hydrogens (tertiary/aromatic N) is 3. The standard InChI is InChI=1S/C22H17ClN4O4.C5H11N/c1-11-12(10-28)9-27-20(11)17(6-7-24-27)31-14-4-5-16(15(23)8-14)26-19-18(21(29)22(19)30)25-13-2-3-13;1-6-4-2-3-5-6/h4-10,13,25-26H,2-3H2,1H3;2-5H2,1H3. The van der Waals surface area contributed by atoms with E-state index in [0.29, 0.717) is 39.0 Å². The fourth-order valence-corrected chi connectivity index (χ4v) is 4.54. The van der Waals surface area contributed by atoms with Crippen LogP contribution in [0.15, 0.2) is 46.2 Å². The number of likely N-dealkylation sites (tertiary alicyclic amines) is 1. The smallest absolute Gasteiger partial charge is 0.253 e. The molecule has 3 heterocycles. The summed E-state index contributed by atoms with van der Waals surface area (Å²) in [5.74, 6) is 0.994. The third-order valence-corrected chi connectivity index (χ3v) is 6.96. The van der Waals surface area contributed by atoms with Crippen LogP contribution < -0.4 is 26.2 Å². The number of aromatic nitrogens is 2. The molecule has 6 rings (SSSR count). The van der Waals surface area contributed by atoms with Crippen LogP contribution in [-0.2, 0) is 0 Å². The van der Waals surface area contributed by atoms with Gasteiger partial charge in [-0.15, -0.1) is 0 Å². The summed E-state index contributed by atoms with van der Waals surface area (Å²) in [5, 5.41) is 10.6. The van der Waals surface area contributed by atoms with Gasteiger partial charge in [0.1, 0.15) is 22.6 Å². The van der Waals surface area contributed by atoms with E-state index in [-0.39, 0.29) is 11.7 Å². The number of aldehydes is 1.